The lowest BCUT2D eigenvalue weighted by Crippen LogP contribution is -2.46. The van der Waals surface area contributed by atoms with Gasteiger partial charge in [-0.2, -0.15) is 0 Å². The molecule has 4 rings (SSSR count). The van der Waals surface area contributed by atoms with Crippen LogP contribution in [0.5, 0.6) is 0 Å². The van der Waals surface area contributed by atoms with Crippen molar-refractivity contribution >= 4 is 22.6 Å². The number of carbonyl (C=O) groups excluding carboxylic acids is 2. The zero-order valence-electron chi connectivity index (χ0n) is 16.5. The molecule has 29 heavy (non-hydrogen) atoms. The van der Waals surface area contributed by atoms with E-state index in [9.17, 15) is 9.59 Å². The highest BCUT2D eigenvalue weighted by molar-refractivity contribution is 6.07. The van der Waals surface area contributed by atoms with Crippen LogP contribution in [0.1, 0.15) is 41.9 Å². The lowest BCUT2D eigenvalue weighted by Gasteiger charge is -2.33. The van der Waals surface area contributed by atoms with E-state index in [2.05, 4.69) is 10.3 Å². The van der Waals surface area contributed by atoms with Gasteiger partial charge in [-0.1, -0.05) is 42.5 Å². The first-order valence-electron chi connectivity index (χ1n) is 10.1. The van der Waals surface area contributed by atoms with E-state index in [0.717, 1.165) is 29.3 Å². The summed E-state index contributed by atoms with van der Waals surface area (Å²) in [6, 6.07) is 19.2. The first-order valence-corrected chi connectivity index (χ1v) is 10.1. The number of aromatic nitrogens is 1. The molecule has 148 valence electrons. The van der Waals surface area contributed by atoms with Crippen LogP contribution in [0.4, 0.5) is 0 Å². The van der Waals surface area contributed by atoms with Crippen molar-refractivity contribution in [1.29, 1.82) is 0 Å². The van der Waals surface area contributed by atoms with E-state index in [1.165, 1.54) is 0 Å². The predicted octanol–water partition coefficient (Wildman–Crippen LogP) is 3.96. The summed E-state index contributed by atoms with van der Waals surface area (Å²) >= 11 is 0. The Morgan fingerprint density at radius 2 is 1.86 bits per heavy atom. The van der Waals surface area contributed by atoms with Crippen molar-refractivity contribution in [1.82, 2.24) is 15.2 Å². The molecule has 0 aliphatic carbocycles. The SMILES string of the molecule is CC(NC(=O)C1CCCN(C(=O)c2cccc3ccccc23)C1)c1ccccn1. The molecule has 2 unspecified atom stereocenters. The molecule has 5 nitrogen and oxygen atoms in total. The Labute approximate surface area is 170 Å². The maximum absolute atomic E-state index is 13.2. The van der Waals surface area contributed by atoms with Crippen molar-refractivity contribution in [3.63, 3.8) is 0 Å². The number of likely N-dealkylation sites (tertiary alicyclic amines) is 1. The van der Waals surface area contributed by atoms with Crippen molar-refractivity contribution < 1.29 is 9.59 Å². The highest BCUT2D eigenvalue weighted by Crippen LogP contribution is 2.24. The van der Waals surface area contributed by atoms with Crippen molar-refractivity contribution in [2.75, 3.05) is 13.1 Å². The topological polar surface area (TPSA) is 62.3 Å². The Morgan fingerprint density at radius 3 is 2.69 bits per heavy atom. The maximum atomic E-state index is 13.2. The third kappa shape index (κ3) is 4.14. The number of hydrogen-bond acceptors (Lipinski definition) is 3. The second-order valence-corrected chi connectivity index (χ2v) is 7.60. The smallest absolute Gasteiger partial charge is 0.254 e. The summed E-state index contributed by atoms with van der Waals surface area (Å²) in [6.07, 6.45) is 3.34. The monoisotopic (exact) mass is 387 g/mol. The fraction of sp³-hybridized carbons (Fsp3) is 0.292. The summed E-state index contributed by atoms with van der Waals surface area (Å²) < 4.78 is 0. The normalized spacial score (nSPS) is 17.7. The highest BCUT2D eigenvalue weighted by Gasteiger charge is 2.30. The Bertz CT molecular complexity index is 1010. The average molecular weight is 387 g/mol. The first-order chi connectivity index (χ1) is 14.1. The fourth-order valence-corrected chi connectivity index (χ4v) is 4.00. The Morgan fingerprint density at radius 1 is 1.07 bits per heavy atom. The molecule has 3 aromatic rings. The van der Waals surface area contributed by atoms with Crippen LogP contribution in [-0.2, 0) is 4.79 Å². The van der Waals surface area contributed by atoms with Gasteiger partial charge in [0.05, 0.1) is 17.7 Å². The van der Waals surface area contributed by atoms with Gasteiger partial charge in [0.25, 0.3) is 5.91 Å². The van der Waals surface area contributed by atoms with Crippen LogP contribution in [0.15, 0.2) is 66.9 Å². The number of pyridine rings is 1. The van der Waals surface area contributed by atoms with Gasteiger partial charge in [-0.05, 0) is 48.7 Å². The standard InChI is InChI=1S/C24H25N3O2/c1-17(22-13-4-5-14-25-22)26-23(28)19-10-7-15-27(16-19)24(29)21-12-6-9-18-8-2-3-11-20(18)21/h2-6,8-9,11-14,17,19H,7,10,15-16H2,1H3,(H,26,28). The van der Waals surface area contributed by atoms with Gasteiger partial charge in [0, 0.05) is 24.8 Å². The quantitative estimate of drug-likeness (QED) is 0.737. The molecular weight excluding hydrogens is 362 g/mol. The third-order valence-electron chi connectivity index (χ3n) is 5.59. The van der Waals surface area contributed by atoms with Crippen LogP contribution in [0.3, 0.4) is 0 Å². The third-order valence-corrected chi connectivity index (χ3v) is 5.59. The minimum atomic E-state index is -0.200. The number of hydrogen-bond donors (Lipinski definition) is 1. The average Bonchev–Trinajstić information content (AvgIpc) is 2.79. The maximum Gasteiger partial charge on any atom is 0.254 e. The molecule has 2 atom stereocenters. The van der Waals surface area contributed by atoms with Gasteiger partial charge in [0.15, 0.2) is 0 Å². The van der Waals surface area contributed by atoms with Gasteiger partial charge in [-0.3, -0.25) is 14.6 Å². The molecule has 1 aromatic heterocycles. The van der Waals surface area contributed by atoms with Gasteiger partial charge in [-0.15, -0.1) is 0 Å². The zero-order valence-corrected chi connectivity index (χ0v) is 16.5. The Kier molecular flexibility index (Phi) is 5.56. The predicted molar refractivity (Wildman–Crippen MR) is 113 cm³/mol. The molecule has 2 amide bonds. The fourth-order valence-electron chi connectivity index (χ4n) is 4.00. The lowest BCUT2D eigenvalue weighted by atomic mass is 9.95. The van der Waals surface area contributed by atoms with E-state index in [0.29, 0.717) is 18.7 Å². The Hall–Kier alpha value is -3.21. The number of piperidine rings is 1. The second kappa shape index (κ2) is 8.43. The van der Waals surface area contributed by atoms with Crippen LogP contribution in [-0.4, -0.2) is 34.8 Å². The van der Waals surface area contributed by atoms with Crippen molar-refractivity contribution in [3.8, 4) is 0 Å². The number of nitrogens with zero attached hydrogens (tertiary/aromatic N) is 2. The molecule has 1 aliphatic rings. The number of amides is 2. The van der Waals surface area contributed by atoms with E-state index in [4.69, 9.17) is 0 Å². The molecule has 1 aliphatic heterocycles. The summed E-state index contributed by atoms with van der Waals surface area (Å²) in [7, 11) is 0. The van der Waals surface area contributed by atoms with E-state index in [-0.39, 0.29) is 23.8 Å². The summed E-state index contributed by atoms with van der Waals surface area (Å²) in [4.78, 5) is 32.2. The molecule has 1 fully saturated rings. The van der Waals surface area contributed by atoms with Crippen LogP contribution in [0.2, 0.25) is 0 Å². The van der Waals surface area contributed by atoms with E-state index >= 15 is 0 Å². The molecule has 1 saturated heterocycles. The first kappa shape index (κ1) is 19.1. The molecule has 1 N–H and O–H groups in total. The molecule has 2 aromatic carbocycles. The molecule has 2 heterocycles. The molecule has 0 spiro atoms. The number of benzene rings is 2. The molecular formula is C24H25N3O2. The van der Waals surface area contributed by atoms with Gasteiger partial charge < -0.3 is 10.2 Å². The number of rotatable bonds is 4. The molecule has 0 radical (unpaired) electrons. The van der Waals surface area contributed by atoms with Crippen molar-refractivity contribution in [2.24, 2.45) is 5.92 Å². The van der Waals surface area contributed by atoms with Crippen LogP contribution >= 0.6 is 0 Å². The minimum absolute atomic E-state index is 0.00271. The van der Waals surface area contributed by atoms with Crippen LogP contribution in [0.25, 0.3) is 10.8 Å². The highest BCUT2D eigenvalue weighted by atomic mass is 16.2. The largest absolute Gasteiger partial charge is 0.348 e. The van der Waals surface area contributed by atoms with E-state index in [1.54, 1.807) is 6.20 Å². The van der Waals surface area contributed by atoms with E-state index in [1.807, 2.05) is 72.5 Å². The number of carbonyl (C=O) groups is 2. The number of nitrogens with one attached hydrogen (secondary N) is 1. The van der Waals surface area contributed by atoms with Gasteiger partial charge in [0.2, 0.25) is 5.91 Å². The molecule has 5 heteroatoms. The molecule has 0 bridgehead atoms. The van der Waals surface area contributed by atoms with Gasteiger partial charge >= 0.3 is 0 Å². The summed E-state index contributed by atoms with van der Waals surface area (Å²) in [6.45, 7) is 3.06. The second-order valence-electron chi connectivity index (χ2n) is 7.60. The lowest BCUT2D eigenvalue weighted by molar-refractivity contribution is -0.127. The van der Waals surface area contributed by atoms with Crippen LogP contribution < -0.4 is 5.32 Å². The minimum Gasteiger partial charge on any atom is -0.348 e. The van der Waals surface area contributed by atoms with E-state index < -0.39 is 0 Å². The number of fused-ring (bicyclic) bond motifs is 1. The summed E-state index contributed by atoms with van der Waals surface area (Å²) in [5, 5.41) is 5.06. The Balaban J connectivity index is 1.46. The van der Waals surface area contributed by atoms with Crippen molar-refractivity contribution in [3.05, 3.63) is 78.1 Å². The van der Waals surface area contributed by atoms with Crippen molar-refractivity contribution in [2.45, 2.75) is 25.8 Å². The van der Waals surface area contributed by atoms with Gasteiger partial charge in [0.1, 0.15) is 0 Å². The van der Waals surface area contributed by atoms with Gasteiger partial charge in [-0.25, -0.2) is 0 Å². The molecule has 0 saturated carbocycles. The summed E-state index contributed by atoms with van der Waals surface area (Å²) in [5.41, 5.74) is 1.53. The van der Waals surface area contributed by atoms with Crippen LogP contribution in [0, 0.1) is 5.92 Å². The summed E-state index contributed by atoms with van der Waals surface area (Å²) in [5.74, 6) is -0.218. The zero-order chi connectivity index (χ0) is 20.2.